The van der Waals surface area contributed by atoms with Gasteiger partial charge in [0.15, 0.2) is 0 Å². The molecule has 8 heteroatoms. The van der Waals surface area contributed by atoms with Gasteiger partial charge in [-0.1, -0.05) is 12.8 Å². The highest BCUT2D eigenvalue weighted by Crippen LogP contribution is 2.25. The van der Waals surface area contributed by atoms with Gasteiger partial charge in [-0.2, -0.15) is 0 Å². The second-order valence-corrected chi connectivity index (χ2v) is 6.29. The summed E-state index contributed by atoms with van der Waals surface area (Å²) < 4.78 is 26.8. The van der Waals surface area contributed by atoms with Crippen LogP contribution in [0.2, 0.25) is 0 Å². The zero-order valence-corrected chi connectivity index (χ0v) is 11.0. The number of rotatable bonds is 4. The van der Waals surface area contributed by atoms with E-state index in [4.69, 9.17) is 5.73 Å². The average molecular weight is 285 g/mol. The summed E-state index contributed by atoms with van der Waals surface area (Å²) in [5.74, 6) is 0. The minimum atomic E-state index is -3.66. The van der Waals surface area contributed by atoms with Crippen molar-refractivity contribution in [1.82, 2.24) is 4.72 Å². The summed E-state index contributed by atoms with van der Waals surface area (Å²) in [6.45, 7) is 0. The molecule has 0 unspecified atom stereocenters. The lowest BCUT2D eigenvalue weighted by Crippen LogP contribution is -2.32. The number of benzene rings is 1. The maximum absolute atomic E-state index is 12.1. The van der Waals surface area contributed by atoms with Gasteiger partial charge in [-0.25, -0.2) is 13.1 Å². The topological polar surface area (TPSA) is 115 Å². The van der Waals surface area contributed by atoms with E-state index in [0.717, 1.165) is 37.8 Å². The van der Waals surface area contributed by atoms with Gasteiger partial charge >= 0.3 is 0 Å². The molecule has 0 atom stereocenters. The lowest BCUT2D eigenvalue weighted by molar-refractivity contribution is -0.383. The predicted molar refractivity (Wildman–Crippen MR) is 70.1 cm³/mol. The molecule has 0 heterocycles. The monoisotopic (exact) mass is 285 g/mol. The van der Waals surface area contributed by atoms with Crippen LogP contribution in [0.4, 0.5) is 11.4 Å². The van der Waals surface area contributed by atoms with Crippen LogP contribution in [0, 0.1) is 10.1 Å². The second-order valence-electron chi connectivity index (χ2n) is 4.58. The van der Waals surface area contributed by atoms with Gasteiger partial charge in [-0.05, 0) is 25.0 Å². The van der Waals surface area contributed by atoms with Crippen molar-refractivity contribution in [3.8, 4) is 0 Å². The predicted octanol–water partition coefficient (Wildman–Crippen LogP) is 1.40. The molecule has 0 aromatic heterocycles. The number of nitrogen functional groups attached to an aromatic ring is 1. The van der Waals surface area contributed by atoms with Gasteiger partial charge in [0.1, 0.15) is 5.69 Å². The van der Waals surface area contributed by atoms with E-state index in [1.54, 1.807) is 0 Å². The molecule has 0 bridgehead atoms. The quantitative estimate of drug-likeness (QED) is 0.493. The van der Waals surface area contributed by atoms with Crippen molar-refractivity contribution in [3.63, 3.8) is 0 Å². The molecule has 2 rings (SSSR count). The van der Waals surface area contributed by atoms with E-state index < -0.39 is 14.9 Å². The molecule has 104 valence electrons. The van der Waals surface area contributed by atoms with E-state index in [0.29, 0.717) is 0 Å². The van der Waals surface area contributed by atoms with Gasteiger partial charge in [-0.15, -0.1) is 0 Å². The molecule has 1 aliphatic carbocycles. The van der Waals surface area contributed by atoms with Gasteiger partial charge < -0.3 is 5.73 Å². The van der Waals surface area contributed by atoms with Crippen molar-refractivity contribution in [2.24, 2.45) is 0 Å². The van der Waals surface area contributed by atoms with Gasteiger partial charge in [0, 0.05) is 12.1 Å². The minimum absolute atomic E-state index is 0.0394. The molecule has 7 nitrogen and oxygen atoms in total. The normalized spacial score (nSPS) is 16.6. The molecular formula is C11H15N3O4S. The Morgan fingerprint density at radius 3 is 2.47 bits per heavy atom. The zero-order valence-electron chi connectivity index (χ0n) is 10.2. The fraction of sp³-hybridized carbons (Fsp3) is 0.455. The van der Waals surface area contributed by atoms with Crippen LogP contribution in [0.25, 0.3) is 0 Å². The van der Waals surface area contributed by atoms with E-state index >= 15 is 0 Å². The third-order valence-electron chi connectivity index (χ3n) is 3.18. The van der Waals surface area contributed by atoms with Crippen LogP contribution in [0.5, 0.6) is 0 Å². The lowest BCUT2D eigenvalue weighted by atomic mass is 10.3. The molecule has 1 aliphatic rings. The number of nitro benzene ring substituents is 1. The standard InChI is InChI=1S/C11H15N3O4S/c12-10-7-9(5-6-11(10)14(15)16)19(17,18)13-8-3-1-2-4-8/h5-8,13H,1-4,12H2. The smallest absolute Gasteiger partial charge is 0.292 e. The van der Waals surface area contributed by atoms with Crippen molar-refractivity contribution < 1.29 is 13.3 Å². The van der Waals surface area contributed by atoms with Crippen molar-refractivity contribution in [2.75, 3.05) is 5.73 Å². The van der Waals surface area contributed by atoms with Crippen LogP contribution in [-0.4, -0.2) is 19.4 Å². The largest absolute Gasteiger partial charge is 0.393 e. The van der Waals surface area contributed by atoms with E-state index in [1.807, 2.05) is 0 Å². The van der Waals surface area contributed by atoms with Crippen molar-refractivity contribution in [3.05, 3.63) is 28.3 Å². The lowest BCUT2D eigenvalue weighted by Gasteiger charge is -2.12. The molecule has 0 spiro atoms. The summed E-state index contributed by atoms with van der Waals surface area (Å²) in [5.41, 5.74) is 5.05. The van der Waals surface area contributed by atoms with Gasteiger partial charge in [0.05, 0.1) is 9.82 Å². The molecule has 1 fully saturated rings. The highest BCUT2D eigenvalue weighted by atomic mass is 32.2. The number of nitro groups is 1. The Kier molecular flexibility index (Phi) is 3.72. The average Bonchev–Trinajstić information content (AvgIpc) is 2.80. The Morgan fingerprint density at radius 1 is 1.32 bits per heavy atom. The summed E-state index contributed by atoms with van der Waals surface area (Å²) in [5, 5.41) is 10.6. The summed E-state index contributed by atoms with van der Waals surface area (Å²) in [4.78, 5) is 9.94. The maximum atomic E-state index is 12.1. The molecule has 19 heavy (non-hydrogen) atoms. The Bertz CT molecular complexity index is 594. The first kappa shape index (κ1) is 13.8. The van der Waals surface area contributed by atoms with E-state index in [-0.39, 0.29) is 22.3 Å². The Labute approximate surface area is 111 Å². The van der Waals surface area contributed by atoms with Crippen LogP contribution in [-0.2, 0) is 10.0 Å². The van der Waals surface area contributed by atoms with Crippen LogP contribution < -0.4 is 10.5 Å². The van der Waals surface area contributed by atoms with Gasteiger partial charge in [-0.3, -0.25) is 10.1 Å². The molecule has 0 radical (unpaired) electrons. The van der Waals surface area contributed by atoms with Crippen molar-refractivity contribution in [2.45, 2.75) is 36.6 Å². The van der Waals surface area contributed by atoms with E-state index in [2.05, 4.69) is 4.72 Å². The first-order valence-corrected chi connectivity index (χ1v) is 7.45. The third-order valence-corrected chi connectivity index (χ3v) is 4.70. The number of hydrogen-bond donors (Lipinski definition) is 2. The highest BCUT2D eigenvalue weighted by molar-refractivity contribution is 7.89. The fourth-order valence-electron chi connectivity index (χ4n) is 2.20. The van der Waals surface area contributed by atoms with E-state index in [1.165, 1.54) is 6.07 Å². The molecule has 1 aromatic carbocycles. The summed E-state index contributed by atoms with van der Waals surface area (Å²) in [6, 6.07) is 3.38. The molecule has 3 N–H and O–H groups in total. The van der Waals surface area contributed by atoms with Crippen molar-refractivity contribution >= 4 is 21.4 Å². The van der Waals surface area contributed by atoms with Crippen molar-refractivity contribution in [1.29, 1.82) is 0 Å². The van der Waals surface area contributed by atoms with Crippen LogP contribution >= 0.6 is 0 Å². The minimum Gasteiger partial charge on any atom is -0.393 e. The first-order chi connectivity index (χ1) is 8.90. The molecule has 1 saturated carbocycles. The molecule has 1 aromatic rings. The van der Waals surface area contributed by atoms with Gasteiger partial charge in [0.2, 0.25) is 10.0 Å². The Hall–Kier alpha value is -1.67. The van der Waals surface area contributed by atoms with Crippen LogP contribution in [0.1, 0.15) is 25.7 Å². The molecule has 0 aliphatic heterocycles. The zero-order chi connectivity index (χ0) is 14.0. The number of sulfonamides is 1. The summed E-state index contributed by atoms with van der Waals surface area (Å²) in [6.07, 6.45) is 3.66. The summed E-state index contributed by atoms with van der Waals surface area (Å²) in [7, 11) is -3.66. The Balaban J connectivity index is 2.25. The van der Waals surface area contributed by atoms with Gasteiger partial charge in [0.25, 0.3) is 5.69 Å². The second kappa shape index (κ2) is 5.14. The van der Waals surface area contributed by atoms with Crippen LogP contribution in [0.15, 0.2) is 23.1 Å². The number of nitrogens with zero attached hydrogens (tertiary/aromatic N) is 1. The number of anilines is 1. The molecule has 0 amide bonds. The summed E-state index contributed by atoms with van der Waals surface area (Å²) >= 11 is 0. The number of hydrogen-bond acceptors (Lipinski definition) is 5. The number of nitrogens with one attached hydrogen (secondary N) is 1. The fourth-order valence-corrected chi connectivity index (χ4v) is 3.54. The van der Waals surface area contributed by atoms with E-state index in [9.17, 15) is 18.5 Å². The van der Waals surface area contributed by atoms with Crippen LogP contribution in [0.3, 0.4) is 0 Å². The SMILES string of the molecule is Nc1cc(S(=O)(=O)NC2CCCC2)ccc1[N+](=O)[O-]. The molecular weight excluding hydrogens is 270 g/mol. The number of nitrogens with two attached hydrogens (primary N) is 1. The third kappa shape index (κ3) is 3.02. The molecule has 0 saturated heterocycles. The Morgan fingerprint density at radius 2 is 1.95 bits per heavy atom. The maximum Gasteiger partial charge on any atom is 0.292 e. The highest BCUT2D eigenvalue weighted by Gasteiger charge is 2.24. The first-order valence-electron chi connectivity index (χ1n) is 5.96.